The number of ether oxygens (including phenoxy) is 1. The Morgan fingerprint density at radius 2 is 2.31 bits per heavy atom. The SMILES string of the molecule is CCNC(=NCc1cccnc1OCC)N1CCCC(CC(N)=O)C1.I. The molecule has 0 aromatic carbocycles. The van der Waals surface area contributed by atoms with Crippen LogP contribution in [0.5, 0.6) is 5.88 Å². The molecule has 26 heavy (non-hydrogen) atoms. The molecule has 0 spiro atoms. The van der Waals surface area contributed by atoms with E-state index in [1.54, 1.807) is 6.20 Å². The monoisotopic (exact) mass is 475 g/mol. The summed E-state index contributed by atoms with van der Waals surface area (Å²) in [6.45, 7) is 7.61. The first-order chi connectivity index (χ1) is 12.1. The van der Waals surface area contributed by atoms with E-state index in [1.807, 2.05) is 19.1 Å². The van der Waals surface area contributed by atoms with Gasteiger partial charge in [0.2, 0.25) is 11.8 Å². The van der Waals surface area contributed by atoms with Gasteiger partial charge in [0.1, 0.15) is 0 Å². The van der Waals surface area contributed by atoms with Crippen LogP contribution < -0.4 is 15.8 Å². The number of hydrogen-bond acceptors (Lipinski definition) is 4. The largest absolute Gasteiger partial charge is 0.478 e. The number of primary amides is 1. The van der Waals surface area contributed by atoms with E-state index in [0.717, 1.165) is 44.0 Å². The van der Waals surface area contributed by atoms with Gasteiger partial charge in [-0.15, -0.1) is 24.0 Å². The zero-order valence-electron chi connectivity index (χ0n) is 15.6. The van der Waals surface area contributed by atoms with Crippen LogP contribution >= 0.6 is 24.0 Å². The summed E-state index contributed by atoms with van der Waals surface area (Å²) in [5, 5.41) is 3.35. The highest BCUT2D eigenvalue weighted by molar-refractivity contribution is 14.0. The Bertz CT molecular complexity index is 597. The second-order valence-corrected chi connectivity index (χ2v) is 6.20. The second-order valence-electron chi connectivity index (χ2n) is 6.20. The van der Waals surface area contributed by atoms with Crippen molar-refractivity contribution in [2.45, 2.75) is 39.7 Å². The van der Waals surface area contributed by atoms with Crippen LogP contribution in [-0.2, 0) is 11.3 Å². The highest BCUT2D eigenvalue weighted by atomic mass is 127. The number of nitrogens with zero attached hydrogens (tertiary/aromatic N) is 3. The van der Waals surface area contributed by atoms with Crippen molar-refractivity contribution in [3.63, 3.8) is 0 Å². The molecule has 146 valence electrons. The van der Waals surface area contributed by atoms with Crippen molar-refractivity contribution in [1.82, 2.24) is 15.2 Å². The summed E-state index contributed by atoms with van der Waals surface area (Å²) in [5.74, 6) is 1.57. The lowest BCUT2D eigenvalue weighted by Crippen LogP contribution is -2.47. The van der Waals surface area contributed by atoms with Crippen molar-refractivity contribution >= 4 is 35.8 Å². The molecular formula is C18H30IN5O2. The number of likely N-dealkylation sites (tertiary alicyclic amines) is 1. The van der Waals surface area contributed by atoms with Crippen molar-refractivity contribution < 1.29 is 9.53 Å². The van der Waals surface area contributed by atoms with Gasteiger partial charge in [0.05, 0.1) is 13.2 Å². The van der Waals surface area contributed by atoms with E-state index < -0.39 is 0 Å². The van der Waals surface area contributed by atoms with Crippen molar-refractivity contribution in [3.8, 4) is 5.88 Å². The molecule has 1 unspecified atom stereocenters. The van der Waals surface area contributed by atoms with E-state index in [-0.39, 0.29) is 29.9 Å². The quantitative estimate of drug-likeness (QED) is 0.358. The summed E-state index contributed by atoms with van der Waals surface area (Å²) in [6.07, 6.45) is 4.24. The van der Waals surface area contributed by atoms with Gasteiger partial charge >= 0.3 is 0 Å². The Labute approximate surface area is 172 Å². The van der Waals surface area contributed by atoms with Gasteiger partial charge in [-0.2, -0.15) is 0 Å². The number of guanidine groups is 1. The van der Waals surface area contributed by atoms with Crippen LogP contribution in [0.15, 0.2) is 23.3 Å². The van der Waals surface area contributed by atoms with Gasteiger partial charge in [-0.3, -0.25) is 4.79 Å². The third kappa shape index (κ3) is 6.97. The fourth-order valence-electron chi connectivity index (χ4n) is 3.11. The number of carbonyl (C=O) groups excluding carboxylic acids is 1. The lowest BCUT2D eigenvalue weighted by atomic mass is 9.95. The number of rotatable bonds is 7. The average molecular weight is 475 g/mol. The fourth-order valence-corrected chi connectivity index (χ4v) is 3.11. The van der Waals surface area contributed by atoms with Crippen molar-refractivity contribution in [1.29, 1.82) is 0 Å². The molecule has 1 aromatic rings. The molecule has 0 saturated carbocycles. The first-order valence-electron chi connectivity index (χ1n) is 9.02. The Morgan fingerprint density at radius 1 is 1.50 bits per heavy atom. The molecule has 1 aromatic heterocycles. The van der Waals surface area contributed by atoms with Crippen LogP contribution in [0.3, 0.4) is 0 Å². The fraction of sp³-hybridized carbons (Fsp3) is 0.611. The van der Waals surface area contributed by atoms with Crippen LogP contribution in [0.1, 0.15) is 38.7 Å². The number of piperidine rings is 1. The number of aliphatic imine (C=N–C) groups is 1. The maximum absolute atomic E-state index is 11.2. The minimum atomic E-state index is -0.231. The van der Waals surface area contributed by atoms with Gasteiger partial charge < -0.3 is 20.7 Å². The first kappa shape index (κ1) is 22.5. The average Bonchev–Trinajstić information content (AvgIpc) is 2.59. The molecule has 1 aliphatic heterocycles. The van der Waals surface area contributed by atoms with Crippen LogP contribution in [-0.4, -0.2) is 48.0 Å². The zero-order chi connectivity index (χ0) is 18.1. The van der Waals surface area contributed by atoms with Gasteiger partial charge in [-0.25, -0.2) is 9.98 Å². The normalized spacial score (nSPS) is 17.4. The number of nitrogens with one attached hydrogen (secondary N) is 1. The molecule has 0 aliphatic carbocycles. The van der Waals surface area contributed by atoms with Crippen LogP contribution in [0.25, 0.3) is 0 Å². The summed E-state index contributed by atoms with van der Waals surface area (Å²) < 4.78 is 5.57. The van der Waals surface area contributed by atoms with Gasteiger partial charge in [0.25, 0.3) is 0 Å². The second kappa shape index (κ2) is 11.9. The van der Waals surface area contributed by atoms with Gasteiger partial charge in [0, 0.05) is 37.8 Å². The lowest BCUT2D eigenvalue weighted by Gasteiger charge is -2.34. The van der Waals surface area contributed by atoms with Gasteiger partial charge in [-0.1, -0.05) is 6.07 Å². The summed E-state index contributed by atoms with van der Waals surface area (Å²) >= 11 is 0. The van der Waals surface area contributed by atoms with Gasteiger partial charge in [-0.05, 0) is 38.7 Å². The lowest BCUT2D eigenvalue weighted by molar-refractivity contribution is -0.119. The molecule has 8 heteroatoms. The van der Waals surface area contributed by atoms with E-state index in [4.69, 9.17) is 15.5 Å². The predicted molar refractivity (Wildman–Crippen MR) is 114 cm³/mol. The van der Waals surface area contributed by atoms with Crippen molar-refractivity contribution in [2.24, 2.45) is 16.6 Å². The van der Waals surface area contributed by atoms with Crippen molar-refractivity contribution in [3.05, 3.63) is 23.9 Å². The Kier molecular flexibility index (Phi) is 10.3. The number of hydrogen-bond donors (Lipinski definition) is 2. The summed E-state index contributed by atoms with van der Waals surface area (Å²) in [4.78, 5) is 22.5. The Morgan fingerprint density at radius 3 is 3.00 bits per heavy atom. The number of aromatic nitrogens is 1. The molecule has 0 radical (unpaired) electrons. The first-order valence-corrected chi connectivity index (χ1v) is 9.02. The van der Waals surface area contributed by atoms with E-state index in [2.05, 4.69) is 22.1 Å². The molecule has 1 aliphatic rings. The van der Waals surface area contributed by atoms with Crippen LogP contribution in [0, 0.1) is 5.92 Å². The number of nitrogens with two attached hydrogens (primary N) is 1. The number of pyridine rings is 1. The maximum Gasteiger partial charge on any atom is 0.218 e. The number of halogens is 1. The zero-order valence-corrected chi connectivity index (χ0v) is 17.9. The predicted octanol–water partition coefficient (Wildman–Crippen LogP) is 2.15. The maximum atomic E-state index is 11.2. The Balaban J connectivity index is 0.00000338. The minimum Gasteiger partial charge on any atom is -0.478 e. The number of carbonyl (C=O) groups is 1. The van der Waals surface area contributed by atoms with E-state index in [0.29, 0.717) is 31.4 Å². The highest BCUT2D eigenvalue weighted by Crippen LogP contribution is 2.20. The Hall–Kier alpha value is -1.58. The molecule has 1 fully saturated rings. The molecule has 1 saturated heterocycles. The van der Waals surface area contributed by atoms with Crippen LogP contribution in [0.4, 0.5) is 0 Å². The minimum absolute atomic E-state index is 0. The number of amides is 1. The molecule has 3 N–H and O–H groups in total. The summed E-state index contributed by atoms with van der Waals surface area (Å²) in [5.41, 5.74) is 6.32. The topological polar surface area (TPSA) is 92.8 Å². The molecule has 7 nitrogen and oxygen atoms in total. The third-order valence-corrected chi connectivity index (χ3v) is 4.17. The molecule has 2 heterocycles. The van der Waals surface area contributed by atoms with Gasteiger partial charge in [0.15, 0.2) is 5.96 Å². The van der Waals surface area contributed by atoms with Crippen LogP contribution in [0.2, 0.25) is 0 Å². The third-order valence-electron chi connectivity index (χ3n) is 4.17. The molecule has 0 bridgehead atoms. The highest BCUT2D eigenvalue weighted by Gasteiger charge is 2.23. The molecule has 1 atom stereocenters. The molecule has 1 amide bonds. The smallest absolute Gasteiger partial charge is 0.218 e. The van der Waals surface area contributed by atoms with E-state index >= 15 is 0 Å². The summed E-state index contributed by atoms with van der Waals surface area (Å²) in [7, 11) is 0. The van der Waals surface area contributed by atoms with Crippen molar-refractivity contribution in [2.75, 3.05) is 26.2 Å². The molecule has 2 rings (SSSR count). The standard InChI is InChI=1S/C18H29N5O2.HI/c1-3-20-18(23-10-6-7-14(13-23)11-16(19)24)22-12-15-8-5-9-21-17(15)25-4-2;/h5,8-9,14H,3-4,6-7,10-13H2,1-2H3,(H2,19,24)(H,20,22);1H. The summed E-state index contributed by atoms with van der Waals surface area (Å²) in [6, 6.07) is 3.88. The van der Waals surface area contributed by atoms with E-state index in [1.165, 1.54) is 0 Å². The van der Waals surface area contributed by atoms with E-state index in [9.17, 15) is 4.79 Å². The molecular weight excluding hydrogens is 445 g/mol.